The molecule has 1 unspecified atom stereocenters. The molecule has 2 aromatic heterocycles. The van der Waals surface area contributed by atoms with Gasteiger partial charge in [0.2, 0.25) is 0 Å². The minimum Gasteiger partial charge on any atom is -0.385 e. The van der Waals surface area contributed by atoms with E-state index in [9.17, 15) is 5.11 Å². The van der Waals surface area contributed by atoms with E-state index in [1.807, 2.05) is 31.2 Å². The van der Waals surface area contributed by atoms with Crippen molar-refractivity contribution in [1.82, 2.24) is 19.9 Å². The molecule has 1 aromatic carbocycles. The van der Waals surface area contributed by atoms with Crippen LogP contribution in [0.15, 0.2) is 42.6 Å². The lowest BCUT2D eigenvalue weighted by Gasteiger charge is -2.30. The van der Waals surface area contributed by atoms with Crippen LogP contribution in [0.4, 0.5) is 5.82 Å². The first-order valence-corrected chi connectivity index (χ1v) is 8.79. The SMILES string of the molecule is Cc1nc2c(c(-c3ccccc3)n1)CCN(c1ccnc(C(C)O)n1)C2. The minimum absolute atomic E-state index is 0.442. The molecule has 1 atom stereocenters. The molecule has 1 aliphatic heterocycles. The zero-order valence-electron chi connectivity index (χ0n) is 14.9. The number of fused-ring (bicyclic) bond motifs is 1. The van der Waals surface area contributed by atoms with E-state index in [-0.39, 0.29) is 0 Å². The molecule has 26 heavy (non-hydrogen) atoms. The maximum Gasteiger partial charge on any atom is 0.158 e. The van der Waals surface area contributed by atoms with Gasteiger partial charge >= 0.3 is 0 Å². The van der Waals surface area contributed by atoms with E-state index in [2.05, 4.69) is 32.0 Å². The Morgan fingerprint density at radius 1 is 1.08 bits per heavy atom. The van der Waals surface area contributed by atoms with Gasteiger partial charge in [0.15, 0.2) is 5.82 Å². The minimum atomic E-state index is -0.679. The molecule has 0 aliphatic carbocycles. The van der Waals surface area contributed by atoms with Gasteiger partial charge in [-0.05, 0) is 26.3 Å². The first kappa shape index (κ1) is 16.6. The zero-order valence-corrected chi connectivity index (χ0v) is 14.9. The van der Waals surface area contributed by atoms with Crippen molar-refractivity contribution in [3.05, 3.63) is 65.5 Å². The van der Waals surface area contributed by atoms with Crippen LogP contribution >= 0.6 is 0 Å². The first-order chi connectivity index (χ1) is 12.6. The van der Waals surface area contributed by atoms with Crippen LogP contribution in [0.2, 0.25) is 0 Å². The smallest absolute Gasteiger partial charge is 0.158 e. The van der Waals surface area contributed by atoms with Gasteiger partial charge in [0.25, 0.3) is 0 Å². The summed E-state index contributed by atoms with van der Waals surface area (Å²) in [5.74, 6) is 2.04. The van der Waals surface area contributed by atoms with E-state index in [0.29, 0.717) is 12.4 Å². The number of aryl methyl sites for hydroxylation is 1. The normalized spacial score (nSPS) is 14.8. The molecule has 0 spiro atoms. The van der Waals surface area contributed by atoms with E-state index in [1.165, 1.54) is 5.56 Å². The highest BCUT2D eigenvalue weighted by Gasteiger charge is 2.23. The molecule has 0 amide bonds. The van der Waals surface area contributed by atoms with Crippen molar-refractivity contribution in [2.24, 2.45) is 0 Å². The summed E-state index contributed by atoms with van der Waals surface area (Å²) in [7, 11) is 0. The van der Waals surface area contributed by atoms with Crippen molar-refractivity contribution in [2.75, 3.05) is 11.4 Å². The number of nitrogens with zero attached hydrogens (tertiary/aromatic N) is 5. The van der Waals surface area contributed by atoms with Crippen LogP contribution < -0.4 is 4.90 Å². The van der Waals surface area contributed by atoms with Crippen LogP contribution in [0.5, 0.6) is 0 Å². The number of anilines is 1. The highest BCUT2D eigenvalue weighted by atomic mass is 16.3. The summed E-state index contributed by atoms with van der Waals surface area (Å²) < 4.78 is 0. The van der Waals surface area contributed by atoms with Gasteiger partial charge in [0.1, 0.15) is 17.7 Å². The highest BCUT2D eigenvalue weighted by Crippen LogP contribution is 2.29. The maximum atomic E-state index is 9.74. The van der Waals surface area contributed by atoms with Gasteiger partial charge in [0, 0.05) is 23.9 Å². The predicted molar refractivity (Wildman–Crippen MR) is 99.6 cm³/mol. The third-order valence-corrected chi connectivity index (χ3v) is 4.58. The summed E-state index contributed by atoms with van der Waals surface area (Å²) in [6, 6.07) is 12.1. The van der Waals surface area contributed by atoms with Gasteiger partial charge in [-0.25, -0.2) is 19.9 Å². The second-order valence-corrected chi connectivity index (χ2v) is 6.53. The van der Waals surface area contributed by atoms with Crippen molar-refractivity contribution in [3.63, 3.8) is 0 Å². The number of benzene rings is 1. The van der Waals surface area contributed by atoms with Crippen molar-refractivity contribution in [2.45, 2.75) is 32.9 Å². The lowest BCUT2D eigenvalue weighted by Crippen LogP contribution is -2.33. The maximum absolute atomic E-state index is 9.74. The molecular formula is C20H21N5O. The lowest BCUT2D eigenvalue weighted by atomic mass is 9.98. The van der Waals surface area contributed by atoms with Crippen LogP contribution in [0.25, 0.3) is 11.3 Å². The molecule has 3 heterocycles. The summed E-state index contributed by atoms with van der Waals surface area (Å²) in [6.07, 6.45) is 1.87. The molecule has 4 rings (SSSR count). The van der Waals surface area contributed by atoms with Gasteiger partial charge < -0.3 is 10.0 Å². The summed E-state index contributed by atoms with van der Waals surface area (Å²) in [6.45, 7) is 5.11. The fourth-order valence-corrected chi connectivity index (χ4v) is 3.33. The number of hydrogen-bond donors (Lipinski definition) is 1. The Kier molecular flexibility index (Phi) is 4.34. The summed E-state index contributed by atoms with van der Waals surface area (Å²) in [5.41, 5.74) is 4.41. The molecule has 132 valence electrons. The molecule has 3 aromatic rings. The van der Waals surface area contributed by atoms with Gasteiger partial charge in [-0.2, -0.15) is 0 Å². The molecule has 0 bridgehead atoms. The number of aliphatic hydroxyl groups excluding tert-OH is 1. The Morgan fingerprint density at radius 3 is 2.65 bits per heavy atom. The van der Waals surface area contributed by atoms with Crippen molar-refractivity contribution < 1.29 is 5.11 Å². The first-order valence-electron chi connectivity index (χ1n) is 8.79. The van der Waals surface area contributed by atoms with Gasteiger partial charge in [-0.3, -0.25) is 0 Å². The molecule has 0 saturated carbocycles. The Morgan fingerprint density at radius 2 is 1.88 bits per heavy atom. The number of hydrogen-bond acceptors (Lipinski definition) is 6. The summed E-state index contributed by atoms with van der Waals surface area (Å²) in [5, 5.41) is 9.74. The Bertz CT molecular complexity index is 927. The van der Waals surface area contributed by atoms with E-state index in [4.69, 9.17) is 4.98 Å². The van der Waals surface area contributed by atoms with E-state index in [0.717, 1.165) is 41.6 Å². The summed E-state index contributed by atoms with van der Waals surface area (Å²) >= 11 is 0. The standard InChI is InChI=1S/C20H21N5O/c1-13(26)20-21-10-8-18(24-20)25-11-9-16-17(12-25)22-14(2)23-19(16)15-6-4-3-5-7-15/h3-8,10,13,26H,9,11-12H2,1-2H3. The van der Waals surface area contributed by atoms with Crippen molar-refractivity contribution >= 4 is 5.82 Å². The monoisotopic (exact) mass is 347 g/mol. The molecule has 6 nitrogen and oxygen atoms in total. The zero-order chi connectivity index (χ0) is 18.1. The Labute approximate surface area is 152 Å². The predicted octanol–water partition coefficient (Wildman–Crippen LogP) is 2.86. The van der Waals surface area contributed by atoms with Crippen molar-refractivity contribution in [3.8, 4) is 11.3 Å². The molecule has 0 saturated heterocycles. The second kappa shape index (κ2) is 6.80. The third-order valence-electron chi connectivity index (χ3n) is 4.58. The Balaban J connectivity index is 1.70. The fraction of sp³-hybridized carbons (Fsp3) is 0.300. The van der Waals surface area contributed by atoms with Crippen LogP contribution in [-0.4, -0.2) is 31.6 Å². The van der Waals surface area contributed by atoms with Crippen LogP contribution in [0, 0.1) is 6.92 Å². The van der Waals surface area contributed by atoms with Gasteiger partial charge in [-0.15, -0.1) is 0 Å². The second-order valence-electron chi connectivity index (χ2n) is 6.53. The molecule has 0 radical (unpaired) electrons. The molecule has 6 heteroatoms. The molecule has 1 aliphatic rings. The van der Waals surface area contributed by atoms with E-state index in [1.54, 1.807) is 13.1 Å². The lowest BCUT2D eigenvalue weighted by molar-refractivity contribution is 0.189. The highest BCUT2D eigenvalue weighted by molar-refractivity contribution is 5.65. The quantitative estimate of drug-likeness (QED) is 0.785. The topological polar surface area (TPSA) is 75.0 Å². The van der Waals surface area contributed by atoms with Gasteiger partial charge in [0.05, 0.1) is 17.9 Å². The number of aromatic nitrogens is 4. The van der Waals surface area contributed by atoms with Crippen LogP contribution in [-0.2, 0) is 13.0 Å². The van der Waals surface area contributed by atoms with Crippen LogP contribution in [0.1, 0.15) is 35.9 Å². The van der Waals surface area contributed by atoms with Crippen LogP contribution in [0.3, 0.4) is 0 Å². The van der Waals surface area contributed by atoms with E-state index >= 15 is 0 Å². The number of aliphatic hydroxyl groups is 1. The van der Waals surface area contributed by atoms with Gasteiger partial charge in [-0.1, -0.05) is 30.3 Å². The average molecular weight is 347 g/mol. The average Bonchev–Trinajstić information content (AvgIpc) is 2.67. The largest absolute Gasteiger partial charge is 0.385 e. The molecule has 0 fully saturated rings. The third kappa shape index (κ3) is 3.15. The fourth-order valence-electron chi connectivity index (χ4n) is 3.33. The van der Waals surface area contributed by atoms with Crippen molar-refractivity contribution in [1.29, 1.82) is 0 Å². The molecular weight excluding hydrogens is 326 g/mol. The summed E-state index contributed by atoms with van der Waals surface area (Å²) in [4.78, 5) is 20.2. The number of rotatable bonds is 3. The Hall–Kier alpha value is -2.86. The van der Waals surface area contributed by atoms with E-state index < -0.39 is 6.10 Å². The molecule has 1 N–H and O–H groups in total.